The van der Waals surface area contributed by atoms with E-state index in [9.17, 15) is 14.7 Å². The smallest absolute Gasteiger partial charge is 0.295 e. The van der Waals surface area contributed by atoms with Gasteiger partial charge in [-0.2, -0.15) is 0 Å². The van der Waals surface area contributed by atoms with Crippen molar-refractivity contribution in [3.63, 3.8) is 0 Å². The van der Waals surface area contributed by atoms with E-state index < -0.39 is 17.7 Å². The van der Waals surface area contributed by atoms with Gasteiger partial charge in [-0.15, -0.1) is 0 Å². The standard InChI is InChI=1S/C28H32N2O5/c1-3-17-35-23-11-9-22(10-12-23)26(31)24-25(21-7-5-20(2)6-8-21)30(28(33)27(24)32)14-4-13-29-15-18-34-19-16-29/h3,5-12,25,31H,1,4,13-19H2,2H3/b26-24+/t25-/m0/s1. The van der Waals surface area contributed by atoms with Crippen molar-refractivity contribution < 1.29 is 24.2 Å². The van der Waals surface area contributed by atoms with Crippen LogP contribution in [0.1, 0.15) is 29.2 Å². The lowest BCUT2D eigenvalue weighted by Crippen LogP contribution is -2.38. The Bertz CT molecular complexity index is 1090. The molecule has 0 unspecified atom stereocenters. The summed E-state index contributed by atoms with van der Waals surface area (Å²) in [6, 6.07) is 13.9. The Morgan fingerprint density at radius 3 is 2.43 bits per heavy atom. The summed E-state index contributed by atoms with van der Waals surface area (Å²) < 4.78 is 10.9. The van der Waals surface area contributed by atoms with Crippen molar-refractivity contribution in [1.29, 1.82) is 0 Å². The molecular formula is C28H32N2O5. The van der Waals surface area contributed by atoms with E-state index in [0.29, 0.717) is 37.7 Å². The third-order valence-corrected chi connectivity index (χ3v) is 6.41. The number of nitrogens with zero attached hydrogens (tertiary/aromatic N) is 2. The molecule has 2 aliphatic heterocycles. The molecule has 184 valence electrons. The Kier molecular flexibility index (Phi) is 8.00. The van der Waals surface area contributed by atoms with E-state index in [1.165, 1.54) is 0 Å². The fourth-order valence-electron chi connectivity index (χ4n) is 4.52. The fourth-order valence-corrected chi connectivity index (χ4v) is 4.52. The molecule has 35 heavy (non-hydrogen) atoms. The van der Waals surface area contributed by atoms with Crippen molar-refractivity contribution in [3.8, 4) is 5.75 Å². The van der Waals surface area contributed by atoms with Gasteiger partial charge in [0, 0.05) is 31.7 Å². The molecule has 1 N–H and O–H groups in total. The number of rotatable bonds is 9. The molecule has 2 saturated heterocycles. The number of ether oxygens (including phenoxy) is 2. The quantitative estimate of drug-likeness (QED) is 0.257. The summed E-state index contributed by atoms with van der Waals surface area (Å²) >= 11 is 0. The maximum absolute atomic E-state index is 13.2. The van der Waals surface area contributed by atoms with Crippen LogP contribution in [0, 0.1) is 6.92 Å². The molecule has 4 rings (SSSR count). The first-order valence-electron chi connectivity index (χ1n) is 12.0. The van der Waals surface area contributed by atoms with E-state index in [2.05, 4.69) is 11.5 Å². The Labute approximate surface area is 206 Å². The number of aliphatic hydroxyl groups is 1. The van der Waals surface area contributed by atoms with Crippen molar-refractivity contribution in [2.45, 2.75) is 19.4 Å². The molecule has 1 atom stereocenters. The maximum atomic E-state index is 13.2. The highest BCUT2D eigenvalue weighted by Crippen LogP contribution is 2.39. The van der Waals surface area contributed by atoms with Crippen LogP contribution in [0.2, 0.25) is 0 Å². The molecule has 2 heterocycles. The molecule has 0 bridgehead atoms. The van der Waals surface area contributed by atoms with Gasteiger partial charge in [0.1, 0.15) is 18.1 Å². The van der Waals surface area contributed by atoms with Crippen LogP contribution in [-0.4, -0.2) is 72.6 Å². The molecule has 7 heteroatoms. The number of hydrogen-bond acceptors (Lipinski definition) is 6. The maximum Gasteiger partial charge on any atom is 0.295 e. The average molecular weight is 477 g/mol. The highest BCUT2D eigenvalue weighted by atomic mass is 16.5. The molecular weight excluding hydrogens is 444 g/mol. The first-order chi connectivity index (χ1) is 17.0. The number of benzene rings is 2. The summed E-state index contributed by atoms with van der Waals surface area (Å²) in [5.41, 5.74) is 2.45. The zero-order chi connectivity index (χ0) is 24.8. The third kappa shape index (κ3) is 5.63. The van der Waals surface area contributed by atoms with Gasteiger partial charge >= 0.3 is 0 Å². The summed E-state index contributed by atoms with van der Waals surface area (Å²) in [4.78, 5) is 30.2. The van der Waals surface area contributed by atoms with Crippen molar-refractivity contribution in [2.24, 2.45) is 0 Å². The molecule has 0 spiro atoms. The van der Waals surface area contributed by atoms with Crippen LogP contribution in [0.15, 0.2) is 66.8 Å². The summed E-state index contributed by atoms with van der Waals surface area (Å²) in [5.74, 6) is -0.795. The average Bonchev–Trinajstić information content (AvgIpc) is 3.13. The van der Waals surface area contributed by atoms with Crippen LogP contribution in [0.25, 0.3) is 5.76 Å². The van der Waals surface area contributed by atoms with E-state index in [-0.39, 0.29) is 11.3 Å². The van der Waals surface area contributed by atoms with Gasteiger partial charge in [0.2, 0.25) is 0 Å². The van der Waals surface area contributed by atoms with Gasteiger partial charge in [0.15, 0.2) is 0 Å². The van der Waals surface area contributed by atoms with E-state index in [0.717, 1.165) is 37.2 Å². The Balaban J connectivity index is 1.63. The Morgan fingerprint density at radius 2 is 1.77 bits per heavy atom. The fraction of sp³-hybridized carbons (Fsp3) is 0.357. The monoisotopic (exact) mass is 476 g/mol. The molecule has 0 saturated carbocycles. The van der Waals surface area contributed by atoms with Crippen LogP contribution in [0.5, 0.6) is 5.75 Å². The number of ketones is 1. The Hall–Kier alpha value is -3.42. The second-order valence-electron chi connectivity index (χ2n) is 8.83. The van der Waals surface area contributed by atoms with Gasteiger partial charge < -0.3 is 19.5 Å². The van der Waals surface area contributed by atoms with E-state index in [4.69, 9.17) is 9.47 Å². The van der Waals surface area contributed by atoms with Gasteiger partial charge in [0.25, 0.3) is 11.7 Å². The topological polar surface area (TPSA) is 79.3 Å². The number of aryl methyl sites for hydroxylation is 1. The SMILES string of the molecule is C=CCOc1ccc(/C(O)=C2\C(=O)C(=O)N(CCCN3CCOCC3)[C@H]2c2ccc(C)cc2)cc1. The van der Waals surface area contributed by atoms with Gasteiger partial charge in [-0.05, 0) is 43.2 Å². The minimum absolute atomic E-state index is 0.116. The van der Waals surface area contributed by atoms with Crippen molar-refractivity contribution in [1.82, 2.24) is 9.80 Å². The molecule has 2 aliphatic rings. The summed E-state index contributed by atoms with van der Waals surface area (Å²) in [5, 5.41) is 11.2. The molecule has 0 aromatic heterocycles. The molecule has 2 fully saturated rings. The zero-order valence-corrected chi connectivity index (χ0v) is 20.1. The molecule has 0 aliphatic carbocycles. The van der Waals surface area contributed by atoms with Crippen molar-refractivity contribution in [2.75, 3.05) is 46.0 Å². The number of carbonyl (C=O) groups is 2. The number of hydrogen-bond donors (Lipinski definition) is 1. The molecule has 2 aromatic rings. The van der Waals surface area contributed by atoms with Gasteiger partial charge in [-0.25, -0.2) is 0 Å². The number of aliphatic hydroxyl groups excluding tert-OH is 1. The molecule has 0 radical (unpaired) electrons. The van der Waals surface area contributed by atoms with Crippen LogP contribution in [-0.2, 0) is 14.3 Å². The van der Waals surface area contributed by atoms with E-state index in [1.807, 2.05) is 31.2 Å². The second kappa shape index (κ2) is 11.3. The minimum Gasteiger partial charge on any atom is -0.507 e. The van der Waals surface area contributed by atoms with Crippen LogP contribution >= 0.6 is 0 Å². The predicted octanol–water partition coefficient (Wildman–Crippen LogP) is 3.70. The van der Waals surface area contributed by atoms with Crippen molar-refractivity contribution >= 4 is 17.4 Å². The number of morpholine rings is 1. The lowest BCUT2D eigenvalue weighted by Gasteiger charge is -2.29. The predicted molar refractivity (Wildman–Crippen MR) is 134 cm³/mol. The largest absolute Gasteiger partial charge is 0.507 e. The summed E-state index contributed by atoms with van der Waals surface area (Å²) in [6.07, 6.45) is 2.38. The van der Waals surface area contributed by atoms with Crippen LogP contribution in [0.3, 0.4) is 0 Å². The van der Waals surface area contributed by atoms with Crippen LogP contribution in [0.4, 0.5) is 0 Å². The Morgan fingerprint density at radius 1 is 1.09 bits per heavy atom. The number of Topliss-reactive ketones (excluding diaryl/α,β-unsaturated/α-hetero) is 1. The molecule has 2 aromatic carbocycles. The lowest BCUT2D eigenvalue weighted by molar-refractivity contribution is -0.140. The van der Waals surface area contributed by atoms with E-state index >= 15 is 0 Å². The second-order valence-corrected chi connectivity index (χ2v) is 8.83. The lowest BCUT2D eigenvalue weighted by atomic mass is 9.94. The minimum atomic E-state index is -0.661. The highest BCUT2D eigenvalue weighted by Gasteiger charge is 2.45. The molecule has 7 nitrogen and oxygen atoms in total. The van der Waals surface area contributed by atoms with Crippen molar-refractivity contribution in [3.05, 3.63) is 83.4 Å². The van der Waals surface area contributed by atoms with Gasteiger partial charge in [-0.3, -0.25) is 14.5 Å². The number of carbonyl (C=O) groups excluding carboxylic acids is 2. The highest BCUT2D eigenvalue weighted by molar-refractivity contribution is 6.46. The first-order valence-corrected chi connectivity index (χ1v) is 12.0. The molecule has 1 amide bonds. The third-order valence-electron chi connectivity index (χ3n) is 6.41. The van der Waals surface area contributed by atoms with Crippen LogP contribution < -0.4 is 4.74 Å². The summed E-state index contributed by atoms with van der Waals surface area (Å²) in [6.45, 7) is 10.4. The van der Waals surface area contributed by atoms with Gasteiger partial charge in [-0.1, -0.05) is 42.5 Å². The number of amides is 1. The normalized spacial score (nSPS) is 20.3. The van der Waals surface area contributed by atoms with Gasteiger partial charge in [0.05, 0.1) is 24.8 Å². The summed E-state index contributed by atoms with van der Waals surface area (Å²) in [7, 11) is 0. The zero-order valence-electron chi connectivity index (χ0n) is 20.1. The number of likely N-dealkylation sites (tertiary alicyclic amines) is 1. The first kappa shape index (κ1) is 24.7. The van der Waals surface area contributed by atoms with E-state index in [1.54, 1.807) is 35.2 Å².